The lowest BCUT2D eigenvalue weighted by atomic mass is 10.3. The Bertz CT molecular complexity index is 619. The molecular weight excluding hydrogens is 327 g/mol. The van der Waals surface area contributed by atoms with Crippen LogP contribution < -0.4 is 5.73 Å². The molecule has 0 atom stereocenters. The molecule has 0 radical (unpaired) electrons. The van der Waals surface area contributed by atoms with E-state index in [4.69, 9.17) is 28.9 Å². The molecule has 0 fully saturated rings. The van der Waals surface area contributed by atoms with Crippen molar-refractivity contribution < 1.29 is 17.9 Å². The number of carbonyl (C=O) groups excluding carboxylic acids is 1. The molecule has 0 heterocycles. The Balaban J connectivity index is 3.05. The van der Waals surface area contributed by atoms with Crippen molar-refractivity contribution in [3.63, 3.8) is 0 Å². The highest BCUT2D eigenvalue weighted by molar-refractivity contribution is 7.89. The Morgan fingerprint density at radius 2 is 2.00 bits per heavy atom. The summed E-state index contributed by atoms with van der Waals surface area (Å²) in [6, 6.07) is 2.62. The molecule has 0 spiro atoms. The van der Waals surface area contributed by atoms with Crippen molar-refractivity contribution in [3.8, 4) is 0 Å². The van der Waals surface area contributed by atoms with Gasteiger partial charge in [0.1, 0.15) is 4.90 Å². The molecule has 0 aliphatic rings. The Kier molecular flexibility index (Phi) is 5.64. The average molecular weight is 341 g/mol. The third-order valence-electron chi connectivity index (χ3n) is 2.64. The van der Waals surface area contributed by atoms with Crippen molar-refractivity contribution in [1.82, 2.24) is 4.31 Å². The number of halogens is 2. The predicted octanol–water partition coefficient (Wildman–Crippen LogP) is 1.76. The Morgan fingerprint density at radius 3 is 2.55 bits per heavy atom. The van der Waals surface area contributed by atoms with Gasteiger partial charge in [-0.1, -0.05) is 23.2 Å². The summed E-state index contributed by atoms with van der Waals surface area (Å²) in [5, 5.41) is 0.0357. The molecule has 6 nitrogen and oxygen atoms in total. The van der Waals surface area contributed by atoms with Crippen molar-refractivity contribution in [2.24, 2.45) is 0 Å². The molecule has 9 heteroatoms. The van der Waals surface area contributed by atoms with Gasteiger partial charge in [0, 0.05) is 13.6 Å². The number of nitrogens with zero attached hydrogens (tertiary/aromatic N) is 1. The third kappa shape index (κ3) is 3.54. The van der Waals surface area contributed by atoms with Crippen molar-refractivity contribution in [2.45, 2.75) is 11.3 Å². The van der Waals surface area contributed by atoms with Crippen LogP contribution in [0.25, 0.3) is 0 Å². The van der Waals surface area contributed by atoms with Crippen molar-refractivity contribution in [3.05, 3.63) is 22.2 Å². The van der Waals surface area contributed by atoms with Gasteiger partial charge in [-0.05, 0) is 12.1 Å². The smallest absolute Gasteiger partial charge is 0.306 e. The first-order valence-corrected chi connectivity index (χ1v) is 7.68. The van der Waals surface area contributed by atoms with E-state index in [1.54, 1.807) is 0 Å². The summed E-state index contributed by atoms with van der Waals surface area (Å²) in [7, 11) is -1.30. The molecule has 20 heavy (non-hydrogen) atoms. The number of nitrogens with two attached hydrogens (primary N) is 1. The average Bonchev–Trinajstić information content (AvgIpc) is 2.41. The fourth-order valence-electron chi connectivity index (χ4n) is 1.39. The van der Waals surface area contributed by atoms with Crippen molar-refractivity contribution in [2.75, 3.05) is 26.4 Å². The largest absolute Gasteiger partial charge is 0.469 e. The Labute approximate surface area is 127 Å². The van der Waals surface area contributed by atoms with Gasteiger partial charge in [-0.3, -0.25) is 4.79 Å². The van der Waals surface area contributed by atoms with E-state index in [1.807, 2.05) is 0 Å². The Morgan fingerprint density at radius 1 is 1.40 bits per heavy atom. The number of anilines is 1. The standard InChI is InChI=1S/C11H14Cl2N2O4S/c1-15(6-5-9(16)19-2)20(17,18)8-4-3-7(12)11(14)10(8)13/h3-4H,5-6,14H2,1-2H3. The summed E-state index contributed by atoms with van der Waals surface area (Å²) in [4.78, 5) is 10.9. The fraction of sp³-hybridized carbons (Fsp3) is 0.364. The van der Waals surface area contributed by atoms with Gasteiger partial charge in [-0.2, -0.15) is 0 Å². The van der Waals surface area contributed by atoms with Crippen LogP contribution in [-0.4, -0.2) is 39.4 Å². The number of hydrogen-bond acceptors (Lipinski definition) is 5. The molecule has 112 valence electrons. The lowest BCUT2D eigenvalue weighted by Crippen LogP contribution is -2.29. The number of sulfonamides is 1. The summed E-state index contributed by atoms with van der Waals surface area (Å²) < 4.78 is 30.1. The van der Waals surface area contributed by atoms with E-state index < -0.39 is 16.0 Å². The molecule has 0 saturated heterocycles. The first-order chi connectivity index (χ1) is 9.21. The summed E-state index contributed by atoms with van der Waals surface area (Å²) in [6.07, 6.45) is -0.0626. The van der Waals surface area contributed by atoms with E-state index in [0.29, 0.717) is 0 Å². The number of carbonyl (C=O) groups is 1. The van der Waals surface area contributed by atoms with Gasteiger partial charge in [-0.25, -0.2) is 12.7 Å². The maximum atomic E-state index is 12.3. The number of benzene rings is 1. The molecule has 0 aliphatic carbocycles. The van der Waals surface area contributed by atoms with Gasteiger partial charge >= 0.3 is 5.97 Å². The molecule has 0 aromatic heterocycles. The zero-order chi connectivity index (χ0) is 15.5. The van der Waals surface area contributed by atoms with E-state index in [0.717, 1.165) is 4.31 Å². The summed E-state index contributed by atoms with van der Waals surface area (Å²) in [5.74, 6) is -0.506. The molecule has 1 aromatic rings. The number of nitrogen functional groups attached to an aromatic ring is 1. The minimum Gasteiger partial charge on any atom is -0.469 e. The molecule has 2 N–H and O–H groups in total. The van der Waals surface area contributed by atoms with Gasteiger partial charge in [0.2, 0.25) is 10.0 Å². The molecule has 1 rings (SSSR count). The Hall–Kier alpha value is -1.02. The highest BCUT2D eigenvalue weighted by Crippen LogP contribution is 2.34. The normalized spacial score (nSPS) is 11.7. The van der Waals surface area contributed by atoms with Crippen LogP contribution in [0.15, 0.2) is 17.0 Å². The SMILES string of the molecule is COC(=O)CCN(C)S(=O)(=O)c1ccc(Cl)c(N)c1Cl. The van der Waals surface area contributed by atoms with Gasteiger partial charge in [-0.15, -0.1) is 0 Å². The summed E-state index contributed by atoms with van der Waals surface area (Å²) in [6.45, 7) is -0.0339. The minimum atomic E-state index is -3.86. The number of ether oxygens (including phenoxy) is 1. The first-order valence-electron chi connectivity index (χ1n) is 5.48. The second-order valence-electron chi connectivity index (χ2n) is 3.93. The quantitative estimate of drug-likeness (QED) is 0.651. The van der Waals surface area contributed by atoms with Gasteiger partial charge in [0.15, 0.2) is 0 Å². The molecular formula is C11H14Cl2N2O4S. The molecule has 0 aliphatic heterocycles. The van der Waals surface area contributed by atoms with Crippen LogP contribution in [0.1, 0.15) is 6.42 Å². The van der Waals surface area contributed by atoms with Gasteiger partial charge in [0.05, 0.1) is 29.3 Å². The number of methoxy groups -OCH3 is 1. The zero-order valence-corrected chi connectivity index (χ0v) is 13.2. The summed E-state index contributed by atoms with van der Waals surface area (Å²) >= 11 is 11.7. The number of hydrogen-bond donors (Lipinski definition) is 1. The first kappa shape index (κ1) is 17.0. The topological polar surface area (TPSA) is 89.7 Å². The van der Waals surface area contributed by atoms with Crippen molar-refractivity contribution in [1.29, 1.82) is 0 Å². The second-order valence-corrected chi connectivity index (χ2v) is 6.72. The third-order valence-corrected chi connectivity index (χ3v) is 5.39. The van der Waals surface area contributed by atoms with Crippen molar-refractivity contribution >= 4 is 44.9 Å². The van der Waals surface area contributed by atoms with E-state index in [1.165, 1.54) is 26.3 Å². The number of esters is 1. The minimum absolute atomic E-state index is 0.00391. The molecule has 0 bridgehead atoms. The monoisotopic (exact) mass is 340 g/mol. The van der Waals surface area contributed by atoms with E-state index in [-0.39, 0.29) is 33.6 Å². The molecule has 0 saturated carbocycles. The van der Waals surface area contributed by atoms with Crippen LogP contribution >= 0.6 is 23.2 Å². The maximum absolute atomic E-state index is 12.3. The van der Waals surface area contributed by atoms with Crippen LogP contribution in [0.2, 0.25) is 10.0 Å². The van der Waals surface area contributed by atoms with Crippen LogP contribution in [-0.2, 0) is 19.6 Å². The lowest BCUT2D eigenvalue weighted by Gasteiger charge is -2.18. The molecule has 0 unspecified atom stereocenters. The van der Waals surface area contributed by atoms with Crippen LogP contribution in [0.4, 0.5) is 5.69 Å². The van der Waals surface area contributed by atoms with E-state index >= 15 is 0 Å². The number of rotatable bonds is 5. The van der Waals surface area contributed by atoms with Gasteiger partial charge in [0.25, 0.3) is 0 Å². The second kappa shape index (κ2) is 6.62. The maximum Gasteiger partial charge on any atom is 0.306 e. The zero-order valence-electron chi connectivity index (χ0n) is 10.9. The van der Waals surface area contributed by atoms with E-state index in [2.05, 4.69) is 4.74 Å². The molecule has 0 amide bonds. The highest BCUT2D eigenvalue weighted by Gasteiger charge is 2.25. The van der Waals surface area contributed by atoms with E-state index in [9.17, 15) is 13.2 Å². The summed E-state index contributed by atoms with van der Waals surface area (Å²) in [5.41, 5.74) is 5.60. The predicted molar refractivity (Wildman–Crippen MR) is 77.3 cm³/mol. The fourth-order valence-corrected chi connectivity index (χ4v) is 3.29. The van der Waals surface area contributed by atoms with Crippen LogP contribution in [0, 0.1) is 0 Å². The van der Waals surface area contributed by atoms with Crippen LogP contribution in [0.5, 0.6) is 0 Å². The van der Waals surface area contributed by atoms with Gasteiger partial charge < -0.3 is 10.5 Å². The van der Waals surface area contributed by atoms with Crippen LogP contribution in [0.3, 0.4) is 0 Å². The highest BCUT2D eigenvalue weighted by atomic mass is 35.5. The lowest BCUT2D eigenvalue weighted by molar-refractivity contribution is -0.140. The molecule has 1 aromatic carbocycles.